The Morgan fingerprint density at radius 1 is 1.11 bits per heavy atom. The second kappa shape index (κ2) is 7.12. The molecule has 0 unspecified atom stereocenters. The van der Waals surface area contributed by atoms with Crippen LogP contribution in [0.25, 0.3) is 5.69 Å². The molecule has 3 N–H and O–H groups in total. The van der Waals surface area contributed by atoms with Gasteiger partial charge >= 0.3 is 11.7 Å². The minimum absolute atomic E-state index is 0.0588. The number of hydrogen-bond acceptors (Lipinski definition) is 5. The molecule has 0 aliphatic carbocycles. The molecule has 3 rings (SSSR count). The topological polar surface area (TPSA) is 125 Å². The van der Waals surface area contributed by atoms with Crippen molar-refractivity contribution in [3.8, 4) is 11.6 Å². The Kier molecular flexibility index (Phi) is 4.71. The van der Waals surface area contributed by atoms with Crippen LogP contribution in [0.4, 0.5) is 5.69 Å². The highest BCUT2D eigenvalue weighted by molar-refractivity contribution is 5.95. The van der Waals surface area contributed by atoms with Crippen molar-refractivity contribution in [2.24, 2.45) is 4.99 Å². The molecular weight excluding hydrogens is 350 g/mol. The second-order valence-electron chi connectivity index (χ2n) is 5.75. The summed E-state index contributed by atoms with van der Waals surface area (Å²) in [6.45, 7) is 1.87. The first-order valence-corrected chi connectivity index (χ1v) is 7.90. The number of carbonyl (C=O) groups is 1. The molecule has 3 aromatic rings. The highest BCUT2D eigenvalue weighted by Gasteiger charge is 2.15. The predicted octanol–water partition coefficient (Wildman–Crippen LogP) is 1.99. The summed E-state index contributed by atoms with van der Waals surface area (Å²) in [6, 6.07) is 12.7. The standard InChI is InChI=1S/C19H15N3O5/c1-11-6-8-12(9-7-11)22-17(24)14(16(23)21-19(22)27)10-20-15-5-3-2-4-13(15)18(25)26/h2-10,24H,1H3,(H,25,26)(H,21,23,27). The normalized spacial score (nSPS) is 11.0. The van der Waals surface area contributed by atoms with Crippen molar-refractivity contribution in [2.45, 2.75) is 6.92 Å². The van der Waals surface area contributed by atoms with Crippen LogP contribution >= 0.6 is 0 Å². The number of aromatic hydroxyl groups is 1. The van der Waals surface area contributed by atoms with Gasteiger partial charge in [0.2, 0.25) is 5.88 Å². The number of carboxylic acids is 1. The zero-order chi connectivity index (χ0) is 19.6. The highest BCUT2D eigenvalue weighted by Crippen LogP contribution is 2.20. The number of para-hydroxylation sites is 1. The summed E-state index contributed by atoms with van der Waals surface area (Å²) in [6.07, 6.45) is 1.03. The summed E-state index contributed by atoms with van der Waals surface area (Å²) in [5, 5.41) is 19.7. The lowest BCUT2D eigenvalue weighted by Gasteiger charge is -2.09. The summed E-state index contributed by atoms with van der Waals surface area (Å²) >= 11 is 0. The fourth-order valence-corrected chi connectivity index (χ4v) is 2.49. The maximum atomic E-state index is 12.1. The van der Waals surface area contributed by atoms with Crippen molar-refractivity contribution < 1.29 is 15.0 Å². The molecule has 0 saturated carbocycles. The van der Waals surface area contributed by atoms with Gasteiger partial charge < -0.3 is 10.2 Å². The van der Waals surface area contributed by atoms with E-state index in [1.165, 1.54) is 12.1 Å². The molecule has 0 amide bonds. The van der Waals surface area contributed by atoms with Crippen molar-refractivity contribution in [1.82, 2.24) is 9.55 Å². The second-order valence-corrected chi connectivity index (χ2v) is 5.75. The van der Waals surface area contributed by atoms with Gasteiger partial charge in [0.25, 0.3) is 5.56 Å². The van der Waals surface area contributed by atoms with E-state index in [0.717, 1.165) is 16.3 Å². The Labute approximate surface area is 152 Å². The molecule has 27 heavy (non-hydrogen) atoms. The van der Waals surface area contributed by atoms with Gasteiger partial charge in [-0.3, -0.25) is 14.8 Å². The van der Waals surface area contributed by atoms with Gasteiger partial charge in [-0.25, -0.2) is 14.2 Å². The molecule has 2 aromatic carbocycles. The van der Waals surface area contributed by atoms with Gasteiger partial charge in [-0.1, -0.05) is 29.8 Å². The Morgan fingerprint density at radius 2 is 1.78 bits per heavy atom. The first-order chi connectivity index (χ1) is 12.9. The molecule has 136 valence electrons. The van der Waals surface area contributed by atoms with Crippen molar-refractivity contribution in [2.75, 3.05) is 0 Å². The molecule has 1 aromatic heterocycles. The van der Waals surface area contributed by atoms with E-state index in [0.29, 0.717) is 5.69 Å². The number of aromatic amines is 1. The monoisotopic (exact) mass is 365 g/mol. The average molecular weight is 365 g/mol. The number of hydrogen-bond donors (Lipinski definition) is 3. The quantitative estimate of drug-likeness (QED) is 0.610. The highest BCUT2D eigenvalue weighted by atomic mass is 16.4. The largest absolute Gasteiger partial charge is 0.493 e. The number of aromatic nitrogens is 2. The lowest BCUT2D eigenvalue weighted by Crippen LogP contribution is -2.31. The third kappa shape index (κ3) is 3.54. The van der Waals surface area contributed by atoms with Crippen LogP contribution in [-0.2, 0) is 0 Å². The predicted molar refractivity (Wildman–Crippen MR) is 99.7 cm³/mol. The van der Waals surface area contributed by atoms with Crippen molar-refractivity contribution in [1.29, 1.82) is 0 Å². The number of carboxylic acid groups (broad SMARTS) is 1. The van der Waals surface area contributed by atoms with Gasteiger partial charge in [-0.2, -0.15) is 0 Å². The Bertz CT molecular complexity index is 1160. The van der Waals surface area contributed by atoms with E-state index in [9.17, 15) is 24.6 Å². The molecule has 0 saturated heterocycles. The minimum Gasteiger partial charge on any atom is -0.493 e. The first-order valence-electron chi connectivity index (χ1n) is 7.90. The van der Waals surface area contributed by atoms with Crippen LogP contribution in [0.15, 0.2) is 63.1 Å². The molecule has 0 aliphatic rings. The molecule has 0 atom stereocenters. The Morgan fingerprint density at radius 3 is 2.44 bits per heavy atom. The van der Waals surface area contributed by atoms with Gasteiger partial charge in [0.05, 0.1) is 16.9 Å². The summed E-state index contributed by atoms with van der Waals surface area (Å²) in [4.78, 5) is 41.6. The number of aromatic carboxylic acids is 1. The number of aliphatic imine (C=N–C) groups is 1. The number of aryl methyl sites for hydroxylation is 1. The molecular formula is C19H15N3O5. The molecule has 8 nitrogen and oxygen atoms in total. The number of nitrogens with zero attached hydrogens (tertiary/aromatic N) is 2. The molecule has 0 radical (unpaired) electrons. The smallest absolute Gasteiger partial charge is 0.337 e. The zero-order valence-electron chi connectivity index (χ0n) is 14.2. The van der Waals surface area contributed by atoms with E-state index >= 15 is 0 Å². The molecule has 0 aliphatic heterocycles. The third-order valence-electron chi connectivity index (χ3n) is 3.88. The fourth-order valence-electron chi connectivity index (χ4n) is 2.49. The van der Waals surface area contributed by atoms with Crippen molar-refractivity contribution >= 4 is 17.9 Å². The molecule has 0 bridgehead atoms. The summed E-state index contributed by atoms with van der Waals surface area (Å²) in [5.41, 5.74) is -0.534. The van der Waals surface area contributed by atoms with Crippen molar-refractivity contribution in [3.05, 3.63) is 86.1 Å². The maximum Gasteiger partial charge on any atom is 0.337 e. The molecule has 8 heteroatoms. The molecule has 0 fully saturated rings. The van der Waals surface area contributed by atoms with Crippen LogP contribution < -0.4 is 11.2 Å². The first kappa shape index (κ1) is 17.9. The number of benzene rings is 2. The SMILES string of the molecule is Cc1ccc(-n2c(O)c(C=Nc3ccccc3C(=O)O)c(=O)[nH]c2=O)cc1. The van der Waals surface area contributed by atoms with Gasteiger partial charge in [0.15, 0.2) is 0 Å². The maximum absolute atomic E-state index is 12.1. The Hall–Kier alpha value is -3.94. The Balaban J connectivity index is 2.14. The van der Waals surface area contributed by atoms with Gasteiger partial charge in [-0.15, -0.1) is 0 Å². The van der Waals surface area contributed by atoms with E-state index < -0.39 is 23.1 Å². The summed E-state index contributed by atoms with van der Waals surface area (Å²) < 4.78 is 0.936. The van der Waals surface area contributed by atoms with Crippen LogP contribution in [0.2, 0.25) is 0 Å². The van der Waals surface area contributed by atoms with Crippen LogP contribution in [0.1, 0.15) is 21.5 Å². The lowest BCUT2D eigenvalue weighted by atomic mass is 10.2. The van der Waals surface area contributed by atoms with E-state index in [2.05, 4.69) is 9.98 Å². The van der Waals surface area contributed by atoms with Crippen LogP contribution in [-0.4, -0.2) is 31.9 Å². The number of nitrogens with one attached hydrogen (secondary N) is 1. The third-order valence-corrected chi connectivity index (χ3v) is 3.88. The van der Waals surface area contributed by atoms with Crippen LogP contribution in [0.5, 0.6) is 5.88 Å². The van der Waals surface area contributed by atoms with E-state index in [4.69, 9.17) is 0 Å². The number of rotatable bonds is 4. The minimum atomic E-state index is -1.18. The molecule has 1 heterocycles. The summed E-state index contributed by atoms with van der Waals surface area (Å²) in [7, 11) is 0. The van der Waals surface area contributed by atoms with E-state index in [-0.39, 0.29) is 16.8 Å². The van der Waals surface area contributed by atoms with E-state index in [1.807, 2.05) is 6.92 Å². The van der Waals surface area contributed by atoms with Crippen molar-refractivity contribution in [3.63, 3.8) is 0 Å². The zero-order valence-corrected chi connectivity index (χ0v) is 14.2. The fraction of sp³-hybridized carbons (Fsp3) is 0.0526. The molecule has 0 spiro atoms. The van der Waals surface area contributed by atoms with Gasteiger partial charge in [-0.05, 0) is 31.2 Å². The van der Waals surface area contributed by atoms with E-state index in [1.54, 1.807) is 36.4 Å². The lowest BCUT2D eigenvalue weighted by molar-refractivity contribution is 0.0698. The summed E-state index contributed by atoms with van der Waals surface area (Å²) in [5.74, 6) is -1.77. The van der Waals surface area contributed by atoms with Crippen LogP contribution in [0, 0.1) is 6.92 Å². The van der Waals surface area contributed by atoms with Crippen LogP contribution in [0.3, 0.4) is 0 Å². The van der Waals surface area contributed by atoms with Gasteiger partial charge in [0.1, 0.15) is 5.56 Å². The van der Waals surface area contributed by atoms with Gasteiger partial charge in [0, 0.05) is 6.21 Å². The average Bonchev–Trinajstić information content (AvgIpc) is 2.63. The number of H-pyrrole nitrogens is 1.